The lowest BCUT2D eigenvalue weighted by atomic mass is 10.0. The summed E-state index contributed by atoms with van der Waals surface area (Å²) < 4.78 is 11.0. The highest BCUT2D eigenvalue weighted by Crippen LogP contribution is 2.26. The summed E-state index contributed by atoms with van der Waals surface area (Å²) in [6.07, 6.45) is -1.37. The molecule has 156 valence electrons. The smallest absolute Gasteiger partial charge is 0.408 e. The van der Waals surface area contributed by atoms with Crippen molar-refractivity contribution in [1.29, 1.82) is 0 Å². The van der Waals surface area contributed by atoms with Crippen molar-refractivity contribution in [2.75, 3.05) is 0 Å². The van der Waals surface area contributed by atoms with Crippen LogP contribution in [0.3, 0.4) is 0 Å². The van der Waals surface area contributed by atoms with Gasteiger partial charge in [-0.3, -0.25) is 5.32 Å². The molecule has 0 radical (unpaired) electrons. The molecule has 0 aromatic heterocycles. The Balaban J connectivity index is 1.70. The average Bonchev–Trinajstić information content (AvgIpc) is 2.82. The van der Waals surface area contributed by atoms with Gasteiger partial charge in [-0.25, -0.2) is 9.59 Å². The predicted molar refractivity (Wildman–Crippen MR) is 118 cm³/mol. The number of rotatable bonds is 7. The van der Waals surface area contributed by atoms with Gasteiger partial charge in [0.25, 0.3) is 0 Å². The third-order valence-corrected chi connectivity index (χ3v) is 4.44. The highest BCUT2D eigenvalue weighted by molar-refractivity contribution is 5.84. The lowest BCUT2D eigenvalue weighted by Gasteiger charge is -2.21. The predicted octanol–water partition coefficient (Wildman–Crippen LogP) is 4.64. The largest absolute Gasteiger partial charge is 0.450 e. The number of carbonyl (C=O) groups excluding carboxylic acids is 2. The molecular formula is C26H23NO4. The number of esters is 1. The van der Waals surface area contributed by atoms with Gasteiger partial charge in [-0.05, 0) is 23.6 Å². The van der Waals surface area contributed by atoms with Gasteiger partial charge in [0.2, 0.25) is 0 Å². The zero-order valence-electron chi connectivity index (χ0n) is 17.2. The maximum Gasteiger partial charge on any atom is 0.408 e. The van der Waals surface area contributed by atoms with Gasteiger partial charge in [-0.1, -0.05) is 96.9 Å². The van der Waals surface area contributed by atoms with E-state index >= 15 is 0 Å². The molecule has 3 aromatic carbocycles. The molecule has 0 heterocycles. The summed E-state index contributed by atoms with van der Waals surface area (Å²) in [7, 11) is 0. The minimum absolute atomic E-state index is 0.0879. The summed E-state index contributed by atoms with van der Waals surface area (Å²) in [5.41, 5.74) is 2.47. The van der Waals surface area contributed by atoms with Crippen molar-refractivity contribution in [3.63, 3.8) is 0 Å². The van der Waals surface area contributed by atoms with E-state index in [9.17, 15) is 9.59 Å². The molecule has 3 rings (SSSR count). The summed E-state index contributed by atoms with van der Waals surface area (Å²) in [6.45, 7) is 1.67. The first kappa shape index (κ1) is 21.7. The highest BCUT2D eigenvalue weighted by Gasteiger charge is 2.26. The van der Waals surface area contributed by atoms with Crippen LogP contribution in [0.15, 0.2) is 91.0 Å². The van der Waals surface area contributed by atoms with Gasteiger partial charge in [0.05, 0.1) is 0 Å². The first-order valence-corrected chi connectivity index (χ1v) is 9.87. The van der Waals surface area contributed by atoms with Crippen LogP contribution in [0.4, 0.5) is 4.79 Å². The second kappa shape index (κ2) is 11.2. The monoisotopic (exact) mass is 413 g/mol. The molecule has 31 heavy (non-hydrogen) atoms. The van der Waals surface area contributed by atoms with Crippen molar-refractivity contribution in [2.45, 2.75) is 25.7 Å². The molecule has 0 spiro atoms. The number of hydrogen-bond acceptors (Lipinski definition) is 4. The quantitative estimate of drug-likeness (QED) is 0.453. The molecule has 0 bridgehead atoms. The summed E-state index contributed by atoms with van der Waals surface area (Å²) in [5.74, 6) is 4.68. The molecule has 1 atom stereocenters. The topological polar surface area (TPSA) is 64.6 Å². The number of ether oxygens (including phenoxy) is 2. The Morgan fingerprint density at radius 2 is 1.35 bits per heavy atom. The zero-order valence-corrected chi connectivity index (χ0v) is 17.2. The Morgan fingerprint density at radius 3 is 1.87 bits per heavy atom. The molecule has 0 aliphatic heterocycles. The first-order chi connectivity index (χ1) is 15.2. The van der Waals surface area contributed by atoms with Crippen LogP contribution in [0.2, 0.25) is 0 Å². The van der Waals surface area contributed by atoms with E-state index in [0.29, 0.717) is 0 Å². The van der Waals surface area contributed by atoms with Gasteiger partial charge < -0.3 is 9.47 Å². The van der Waals surface area contributed by atoms with Crippen molar-refractivity contribution in [3.05, 3.63) is 108 Å². The number of amides is 1. The molecule has 5 nitrogen and oxygen atoms in total. The van der Waals surface area contributed by atoms with Crippen molar-refractivity contribution in [3.8, 4) is 11.8 Å². The van der Waals surface area contributed by atoms with Crippen LogP contribution in [-0.2, 0) is 20.9 Å². The second-order valence-corrected chi connectivity index (χ2v) is 6.67. The Kier molecular flexibility index (Phi) is 7.84. The summed E-state index contributed by atoms with van der Waals surface area (Å²) in [4.78, 5) is 25.1. The SMILES string of the molecule is CC#CC(NC(=O)OCc1ccccc1)C(=O)OC(c1ccccc1)c1ccccc1. The van der Waals surface area contributed by atoms with Crippen LogP contribution in [0.5, 0.6) is 0 Å². The van der Waals surface area contributed by atoms with E-state index in [1.165, 1.54) is 0 Å². The number of nitrogens with one attached hydrogen (secondary N) is 1. The maximum absolute atomic E-state index is 12.9. The fourth-order valence-electron chi connectivity index (χ4n) is 2.95. The van der Waals surface area contributed by atoms with E-state index in [1.54, 1.807) is 6.92 Å². The van der Waals surface area contributed by atoms with Gasteiger partial charge in [0.15, 0.2) is 12.1 Å². The molecule has 0 fully saturated rings. The molecule has 5 heteroatoms. The molecule has 0 saturated carbocycles. The van der Waals surface area contributed by atoms with Crippen LogP contribution in [-0.4, -0.2) is 18.1 Å². The summed E-state index contributed by atoms with van der Waals surface area (Å²) in [6, 6.07) is 26.9. The molecule has 1 unspecified atom stereocenters. The molecule has 0 aliphatic carbocycles. The third-order valence-electron chi connectivity index (χ3n) is 4.44. The normalized spacial score (nSPS) is 11.0. The fraction of sp³-hybridized carbons (Fsp3) is 0.154. The number of hydrogen-bond donors (Lipinski definition) is 1. The third kappa shape index (κ3) is 6.48. The van der Waals surface area contributed by atoms with E-state index in [2.05, 4.69) is 17.2 Å². The van der Waals surface area contributed by atoms with Gasteiger partial charge in [0, 0.05) is 0 Å². The molecule has 3 aromatic rings. The standard InChI is InChI=1S/C26H23NO4/c1-2-12-23(27-26(29)30-19-20-13-6-3-7-14-20)25(28)31-24(21-15-8-4-9-16-21)22-17-10-5-11-18-22/h3-11,13-18,23-24H,19H2,1H3,(H,27,29). The molecular weight excluding hydrogens is 390 g/mol. The van der Waals surface area contributed by atoms with E-state index in [-0.39, 0.29) is 6.61 Å². The Hall–Kier alpha value is -4.04. The van der Waals surface area contributed by atoms with Crippen molar-refractivity contribution >= 4 is 12.1 Å². The van der Waals surface area contributed by atoms with E-state index in [4.69, 9.17) is 9.47 Å². The van der Waals surface area contributed by atoms with Crippen molar-refractivity contribution < 1.29 is 19.1 Å². The van der Waals surface area contributed by atoms with Crippen LogP contribution < -0.4 is 5.32 Å². The van der Waals surface area contributed by atoms with Gasteiger partial charge in [-0.15, -0.1) is 5.92 Å². The fourth-order valence-corrected chi connectivity index (χ4v) is 2.95. The van der Waals surface area contributed by atoms with Crippen LogP contribution in [0, 0.1) is 11.8 Å². The number of alkyl carbamates (subject to hydrolysis) is 1. The van der Waals surface area contributed by atoms with Gasteiger partial charge in [0.1, 0.15) is 6.61 Å². The molecule has 0 saturated heterocycles. The van der Waals surface area contributed by atoms with Crippen LogP contribution in [0.1, 0.15) is 29.7 Å². The summed E-state index contributed by atoms with van der Waals surface area (Å²) >= 11 is 0. The number of carbonyl (C=O) groups is 2. The Bertz CT molecular complexity index is 1000. The Labute approximate surface area is 182 Å². The second-order valence-electron chi connectivity index (χ2n) is 6.67. The molecule has 1 amide bonds. The van der Waals surface area contributed by atoms with Gasteiger partial charge >= 0.3 is 12.1 Å². The van der Waals surface area contributed by atoms with Crippen LogP contribution >= 0.6 is 0 Å². The zero-order chi connectivity index (χ0) is 21.9. The van der Waals surface area contributed by atoms with E-state index < -0.39 is 24.2 Å². The lowest BCUT2D eigenvalue weighted by molar-refractivity contribution is -0.148. The molecule has 0 aliphatic rings. The number of benzene rings is 3. The minimum atomic E-state index is -1.15. The lowest BCUT2D eigenvalue weighted by Crippen LogP contribution is -2.41. The van der Waals surface area contributed by atoms with E-state index in [1.807, 2.05) is 91.0 Å². The van der Waals surface area contributed by atoms with Crippen molar-refractivity contribution in [2.24, 2.45) is 0 Å². The average molecular weight is 413 g/mol. The van der Waals surface area contributed by atoms with Gasteiger partial charge in [-0.2, -0.15) is 0 Å². The first-order valence-electron chi connectivity index (χ1n) is 9.87. The highest BCUT2D eigenvalue weighted by atomic mass is 16.6. The maximum atomic E-state index is 12.9. The van der Waals surface area contributed by atoms with Crippen molar-refractivity contribution in [1.82, 2.24) is 5.32 Å². The Morgan fingerprint density at radius 1 is 0.839 bits per heavy atom. The van der Waals surface area contributed by atoms with E-state index in [0.717, 1.165) is 16.7 Å². The minimum Gasteiger partial charge on any atom is -0.450 e. The molecule has 1 N–H and O–H groups in total. The summed E-state index contributed by atoms with van der Waals surface area (Å²) in [5, 5.41) is 2.49. The van der Waals surface area contributed by atoms with Crippen LogP contribution in [0.25, 0.3) is 0 Å².